The van der Waals surface area contributed by atoms with Crippen LogP contribution in [0, 0.1) is 11.8 Å². The van der Waals surface area contributed by atoms with E-state index in [1.165, 1.54) is 0 Å². The average molecular weight is 389 g/mol. The molecule has 150 valence electrons. The van der Waals surface area contributed by atoms with Crippen molar-refractivity contribution in [3.63, 3.8) is 0 Å². The standard InChI is InChI=1S/C25H27NO3/c1-18-22(26(2)3)15-16-24(28-18)27-17-9-13-21-20-12-7-8-14-23(20)29-25(21)19-10-5-4-6-11-19/h4-8,10-12,14,18,22,24H,15-17H2,1-3H3/t18-,22-,24+/m0/s1. The fraction of sp³-hybridized carbons (Fsp3) is 0.360. The van der Waals surface area contributed by atoms with E-state index in [-0.39, 0.29) is 12.4 Å². The molecule has 0 amide bonds. The summed E-state index contributed by atoms with van der Waals surface area (Å²) in [6, 6.07) is 18.5. The van der Waals surface area contributed by atoms with Crippen molar-refractivity contribution >= 4 is 11.0 Å². The zero-order valence-electron chi connectivity index (χ0n) is 17.2. The van der Waals surface area contributed by atoms with Crippen molar-refractivity contribution in [2.24, 2.45) is 0 Å². The quantitative estimate of drug-likeness (QED) is 0.593. The SMILES string of the molecule is C[C@@H]1O[C@@H](OCC#Cc2c(-c3ccccc3)oc3ccccc23)CC[C@@H]1N(C)C. The van der Waals surface area contributed by atoms with Crippen LogP contribution in [0.1, 0.15) is 25.3 Å². The van der Waals surface area contributed by atoms with Crippen molar-refractivity contribution in [3.05, 3.63) is 60.2 Å². The van der Waals surface area contributed by atoms with Gasteiger partial charge in [0.2, 0.25) is 0 Å². The van der Waals surface area contributed by atoms with Gasteiger partial charge in [-0.1, -0.05) is 54.3 Å². The minimum Gasteiger partial charge on any atom is -0.455 e. The van der Waals surface area contributed by atoms with Gasteiger partial charge in [-0.25, -0.2) is 0 Å². The molecule has 29 heavy (non-hydrogen) atoms. The van der Waals surface area contributed by atoms with Crippen LogP contribution in [0.3, 0.4) is 0 Å². The van der Waals surface area contributed by atoms with Crippen LogP contribution in [0.25, 0.3) is 22.3 Å². The van der Waals surface area contributed by atoms with Crippen LogP contribution in [0.5, 0.6) is 0 Å². The summed E-state index contributed by atoms with van der Waals surface area (Å²) < 4.78 is 18.0. The molecule has 2 heterocycles. The molecule has 0 radical (unpaired) electrons. The Morgan fingerprint density at radius 3 is 2.55 bits per heavy atom. The molecule has 0 bridgehead atoms. The Kier molecular flexibility index (Phi) is 6.01. The van der Waals surface area contributed by atoms with Crippen molar-refractivity contribution in [2.45, 2.75) is 38.2 Å². The van der Waals surface area contributed by atoms with E-state index >= 15 is 0 Å². The number of nitrogens with zero attached hydrogens (tertiary/aromatic N) is 1. The Labute approximate surface area is 172 Å². The summed E-state index contributed by atoms with van der Waals surface area (Å²) in [4.78, 5) is 2.22. The van der Waals surface area contributed by atoms with Crippen LogP contribution in [-0.2, 0) is 9.47 Å². The summed E-state index contributed by atoms with van der Waals surface area (Å²) in [5.74, 6) is 7.25. The number of ether oxygens (including phenoxy) is 2. The number of likely N-dealkylation sites (N-methyl/N-ethyl adjacent to an activating group) is 1. The summed E-state index contributed by atoms with van der Waals surface area (Å²) in [7, 11) is 4.19. The van der Waals surface area contributed by atoms with Crippen molar-refractivity contribution in [1.29, 1.82) is 0 Å². The monoisotopic (exact) mass is 389 g/mol. The maximum absolute atomic E-state index is 6.11. The second kappa shape index (κ2) is 8.84. The first-order valence-electron chi connectivity index (χ1n) is 10.1. The molecule has 3 aromatic rings. The van der Waals surface area contributed by atoms with E-state index in [0.717, 1.165) is 40.7 Å². The minimum absolute atomic E-state index is 0.152. The molecule has 4 nitrogen and oxygen atoms in total. The molecule has 0 N–H and O–H groups in total. The van der Waals surface area contributed by atoms with Crippen LogP contribution < -0.4 is 0 Å². The van der Waals surface area contributed by atoms with E-state index in [2.05, 4.69) is 37.8 Å². The Morgan fingerprint density at radius 2 is 1.79 bits per heavy atom. The lowest BCUT2D eigenvalue weighted by Gasteiger charge is -2.37. The fourth-order valence-electron chi connectivity index (χ4n) is 3.96. The predicted molar refractivity (Wildman–Crippen MR) is 116 cm³/mol. The van der Waals surface area contributed by atoms with Crippen LogP contribution in [0.15, 0.2) is 59.0 Å². The highest BCUT2D eigenvalue weighted by Crippen LogP contribution is 2.32. The van der Waals surface area contributed by atoms with Crippen molar-refractivity contribution in [2.75, 3.05) is 20.7 Å². The number of hydrogen-bond donors (Lipinski definition) is 0. The number of fused-ring (bicyclic) bond motifs is 1. The van der Waals surface area contributed by atoms with Gasteiger partial charge in [-0.05, 0) is 39.6 Å². The number of rotatable bonds is 4. The van der Waals surface area contributed by atoms with Gasteiger partial charge in [0.05, 0.1) is 11.7 Å². The van der Waals surface area contributed by atoms with Crippen LogP contribution in [-0.4, -0.2) is 44.0 Å². The van der Waals surface area contributed by atoms with Gasteiger partial charge in [0.1, 0.15) is 12.2 Å². The summed E-state index contributed by atoms with van der Waals surface area (Å²) >= 11 is 0. The van der Waals surface area contributed by atoms with E-state index < -0.39 is 0 Å². The Bertz CT molecular complexity index is 1010. The summed E-state index contributed by atoms with van der Waals surface area (Å²) in [6.07, 6.45) is 1.92. The van der Waals surface area contributed by atoms with Gasteiger partial charge in [-0.15, -0.1) is 0 Å². The predicted octanol–water partition coefficient (Wildman–Crippen LogP) is 4.92. The van der Waals surface area contributed by atoms with Gasteiger partial charge in [0.15, 0.2) is 12.1 Å². The Balaban J connectivity index is 1.49. The van der Waals surface area contributed by atoms with Crippen molar-refractivity contribution in [3.8, 4) is 23.2 Å². The highest BCUT2D eigenvalue weighted by Gasteiger charge is 2.29. The molecule has 1 aliphatic rings. The highest BCUT2D eigenvalue weighted by molar-refractivity contribution is 5.91. The second-order valence-electron chi connectivity index (χ2n) is 7.66. The van der Waals surface area contributed by atoms with Crippen molar-refractivity contribution in [1.82, 2.24) is 4.90 Å². The molecule has 0 unspecified atom stereocenters. The molecule has 0 aliphatic carbocycles. The smallest absolute Gasteiger partial charge is 0.159 e. The molecular formula is C25H27NO3. The van der Waals surface area contributed by atoms with Gasteiger partial charge < -0.3 is 18.8 Å². The zero-order valence-corrected chi connectivity index (χ0v) is 17.2. The number of hydrogen-bond acceptors (Lipinski definition) is 4. The van der Waals surface area contributed by atoms with E-state index in [9.17, 15) is 0 Å². The van der Waals surface area contributed by atoms with E-state index in [0.29, 0.717) is 12.6 Å². The van der Waals surface area contributed by atoms with Gasteiger partial charge in [0, 0.05) is 23.4 Å². The van der Waals surface area contributed by atoms with Gasteiger partial charge >= 0.3 is 0 Å². The summed E-state index contributed by atoms with van der Waals surface area (Å²) in [5, 5.41) is 1.02. The van der Waals surface area contributed by atoms with E-state index in [4.69, 9.17) is 13.9 Å². The van der Waals surface area contributed by atoms with Crippen LogP contribution in [0.2, 0.25) is 0 Å². The third-order valence-electron chi connectivity index (χ3n) is 5.46. The maximum atomic E-state index is 6.11. The third-order valence-corrected chi connectivity index (χ3v) is 5.46. The molecule has 0 saturated carbocycles. The molecule has 1 fully saturated rings. The van der Waals surface area contributed by atoms with Gasteiger partial charge in [-0.2, -0.15) is 0 Å². The molecule has 1 aliphatic heterocycles. The molecule has 1 aromatic heterocycles. The molecule has 1 saturated heterocycles. The first kappa shape index (κ1) is 19.7. The molecule has 3 atom stereocenters. The van der Waals surface area contributed by atoms with E-state index in [1.54, 1.807) is 0 Å². The maximum Gasteiger partial charge on any atom is 0.159 e. The summed E-state index contributed by atoms with van der Waals surface area (Å²) in [5.41, 5.74) is 2.77. The van der Waals surface area contributed by atoms with Gasteiger partial charge in [-0.3, -0.25) is 0 Å². The lowest BCUT2D eigenvalue weighted by atomic mass is 10.0. The largest absolute Gasteiger partial charge is 0.455 e. The molecule has 4 heteroatoms. The fourth-order valence-corrected chi connectivity index (χ4v) is 3.96. The molecule has 0 spiro atoms. The highest BCUT2D eigenvalue weighted by atomic mass is 16.7. The normalized spacial score (nSPS) is 21.9. The first-order valence-corrected chi connectivity index (χ1v) is 10.1. The molecule has 2 aromatic carbocycles. The Morgan fingerprint density at radius 1 is 1.03 bits per heavy atom. The zero-order chi connectivity index (χ0) is 20.2. The second-order valence-corrected chi connectivity index (χ2v) is 7.66. The molecule has 4 rings (SSSR count). The number of benzene rings is 2. The minimum atomic E-state index is -0.190. The Hall–Kier alpha value is -2.58. The van der Waals surface area contributed by atoms with Crippen molar-refractivity contribution < 1.29 is 13.9 Å². The topological polar surface area (TPSA) is 34.8 Å². The third kappa shape index (κ3) is 4.38. The summed E-state index contributed by atoms with van der Waals surface area (Å²) in [6.45, 7) is 2.44. The number of furan rings is 1. The van der Waals surface area contributed by atoms with Crippen LogP contribution >= 0.6 is 0 Å². The lowest BCUT2D eigenvalue weighted by Crippen LogP contribution is -2.45. The lowest BCUT2D eigenvalue weighted by molar-refractivity contribution is -0.199. The van der Waals surface area contributed by atoms with E-state index in [1.807, 2.05) is 54.6 Å². The van der Waals surface area contributed by atoms with Gasteiger partial charge in [0.25, 0.3) is 0 Å². The number of para-hydroxylation sites is 1. The van der Waals surface area contributed by atoms with Crippen LogP contribution in [0.4, 0.5) is 0 Å². The average Bonchev–Trinajstić information content (AvgIpc) is 3.10. The molecular weight excluding hydrogens is 362 g/mol. The first-order chi connectivity index (χ1) is 14.1.